The van der Waals surface area contributed by atoms with Crippen molar-refractivity contribution in [3.8, 4) is 0 Å². The molecule has 0 amide bonds. The molecule has 2 atom stereocenters. The lowest BCUT2D eigenvalue weighted by atomic mass is 9.88. The minimum absolute atomic E-state index is 0.194. The van der Waals surface area contributed by atoms with Crippen molar-refractivity contribution in [3.05, 3.63) is 0 Å². The van der Waals surface area contributed by atoms with Crippen LogP contribution >= 0.6 is 0 Å². The van der Waals surface area contributed by atoms with E-state index < -0.39 is 0 Å². The van der Waals surface area contributed by atoms with Crippen LogP contribution in [-0.4, -0.2) is 18.8 Å². The molecule has 2 aliphatic rings. The van der Waals surface area contributed by atoms with E-state index in [1.807, 2.05) is 0 Å². The van der Waals surface area contributed by atoms with Gasteiger partial charge in [-0.15, -0.1) is 0 Å². The number of nitrogens with two attached hydrogens (primary N) is 1. The van der Waals surface area contributed by atoms with Gasteiger partial charge in [0.15, 0.2) is 0 Å². The van der Waals surface area contributed by atoms with Crippen LogP contribution < -0.4 is 5.73 Å². The molecule has 10 heavy (non-hydrogen) atoms. The molecule has 2 fully saturated rings. The van der Waals surface area contributed by atoms with E-state index in [-0.39, 0.29) is 5.60 Å². The Morgan fingerprint density at radius 1 is 1.50 bits per heavy atom. The largest absolute Gasteiger partial charge is 0.375 e. The molecule has 2 nitrogen and oxygen atoms in total. The Hall–Kier alpha value is -0.0800. The molecule has 1 aliphatic heterocycles. The Kier molecular flexibility index (Phi) is 1.15. The lowest BCUT2D eigenvalue weighted by Crippen LogP contribution is -2.29. The van der Waals surface area contributed by atoms with E-state index in [2.05, 4.69) is 6.92 Å². The SMILES string of the molecule is CC12CCC(CN)(CO1)C2. The first kappa shape index (κ1) is 6.62. The average Bonchev–Trinajstić information content (AvgIpc) is 2.42. The summed E-state index contributed by atoms with van der Waals surface area (Å²) in [5, 5.41) is 0. The normalized spacial score (nSPS) is 52.2. The van der Waals surface area contributed by atoms with Crippen LogP contribution in [-0.2, 0) is 4.74 Å². The van der Waals surface area contributed by atoms with Crippen molar-refractivity contribution >= 4 is 0 Å². The van der Waals surface area contributed by atoms with Crippen molar-refractivity contribution in [3.63, 3.8) is 0 Å². The minimum atomic E-state index is 0.194. The van der Waals surface area contributed by atoms with Gasteiger partial charge in [-0.2, -0.15) is 0 Å². The molecule has 1 saturated carbocycles. The molecular formula is C8H15NO. The second kappa shape index (κ2) is 1.74. The summed E-state index contributed by atoms with van der Waals surface area (Å²) in [5.41, 5.74) is 6.25. The van der Waals surface area contributed by atoms with E-state index in [1.165, 1.54) is 19.3 Å². The first-order valence-electron chi connectivity index (χ1n) is 4.02. The van der Waals surface area contributed by atoms with Crippen molar-refractivity contribution < 1.29 is 4.74 Å². The highest BCUT2D eigenvalue weighted by Crippen LogP contribution is 2.51. The highest BCUT2D eigenvalue weighted by molar-refractivity contribution is 5.02. The fourth-order valence-electron chi connectivity index (χ4n) is 2.31. The predicted molar refractivity (Wildman–Crippen MR) is 39.7 cm³/mol. The maximum Gasteiger partial charge on any atom is 0.0661 e. The number of fused-ring (bicyclic) bond motifs is 2. The first-order chi connectivity index (χ1) is 4.68. The molecule has 2 N–H and O–H groups in total. The van der Waals surface area contributed by atoms with Gasteiger partial charge in [0.2, 0.25) is 0 Å². The van der Waals surface area contributed by atoms with Crippen LogP contribution in [0.1, 0.15) is 26.2 Å². The van der Waals surface area contributed by atoms with Crippen LogP contribution in [0.4, 0.5) is 0 Å². The third kappa shape index (κ3) is 0.722. The number of ether oxygens (including phenoxy) is 1. The molecule has 1 heterocycles. The number of rotatable bonds is 1. The maximum atomic E-state index is 5.68. The highest BCUT2D eigenvalue weighted by atomic mass is 16.5. The van der Waals surface area contributed by atoms with Gasteiger partial charge in [0.05, 0.1) is 12.2 Å². The van der Waals surface area contributed by atoms with E-state index in [0.717, 1.165) is 13.2 Å². The zero-order valence-corrected chi connectivity index (χ0v) is 6.52. The Morgan fingerprint density at radius 3 is 2.50 bits per heavy atom. The molecule has 0 aromatic carbocycles. The average molecular weight is 141 g/mol. The summed E-state index contributed by atoms with van der Waals surface area (Å²) in [6, 6.07) is 0. The molecule has 1 saturated heterocycles. The summed E-state index contributed by atoms with van der Waals surface area (Å²) < 4.78 is 5.65. The number of hydrogen-bond acceptors (Lipinski definition) is 2. The fraction of sp³-hybridized carbons (Fsp3) is 1.00. The predicted octanol–water partition coefficient (Wildman–Crippen LogP) is 0.904. The zero-order valence-electron chi connectivity index (χ0n) is 6.52. The van der Waals surface area contributed by atoms with Crippen molar-refractivity contribution in [2.75, 3.05) is 13.2 Å². The Morgan fingerprint density at radius 2 is 2.30 bits per heavy atom. The standard InChI is InChI=1S/C8H15NO/c1-7-2-3-8(4-7,5-9)6-10-7/h2-6,9H2,1H3. The molecule has 0 radical (unpaired) electrons. The van der Waals surface area contributed by atoms with Crippen LogP contribution in [0.25, 0.3) is 0 Å². The van der Waals surface area contributed by atoms with Crippen LogP contribution in [0.15, 0.2) is 0 Å². The molecule has 2 heteroatoms. The molecule has 2 bridgehead atoms. The Bertz CT molecular complexity index is 147. The second-order valence-electron chi connectivity index (χ2n) is 4.12. The van der Waals surface area contributed by atoms with Crippen LogP contribution in [0.2, 0.25) is 0 Å². The third-order valence-corrected chi connectivity index (χ3v) is 3.09. The van der Waals surface area contributed by atoms with E-state index in [9.17, 15) is 0 Å². The fourth-order valence-corrected chi connectivity index (χ4v) is 2.31. The highest BCUT2D eigenvalue weighted by Gasteiger charge is 2.52. The Labute approximate surface area is 61.7 Å². The van der Waals surface area contributed by atoms with Gasteiger partial charge in [-0.05, 0) is 26.2 Å². The summed E-state index contributed by atoms with van der Waals surface area (Å²) in [6.45, 7) is 3.92. The molecule has 0 aromatic rings. The van der Waals surface area contributed by atoms with Crippen molar-refractivity contribution in [1.82, 2.24) is 0 Å². The van der Waals surface area contributed by atoms with Crippen LogP contribution in [0.5, 0.6) is 0 Å². The van der Waals surface area contributed by atoms with Gasteiger partial charge in [0, 0.05) is 12.0 Å². The molecule has 0 aromatic heterocycles. The van der Waals surface area contributed by atoms with Crippen LogP contribution in [0.3, 0.4) is 0 Å². The summed E-state index contributed by atoms with van der Waals surface area (Å²) in [6.07, 6.45) is 3.68. The van der Waals surface area contributed by atoms with Crippen molar-refractivity contribution in [1.29, 1.82) is 0 Å². The minimum Gasteiger partial charge on any atom is -0.375 e. The smallest absolute Gasteiger partial charge is 0.0661 e. The van der Waals surface area contributed by atoms with Gasteiger partial charge >= 0.3 is 0 Å². The topological polar surface area (TPSA) is 35.2 Å². The Balaban J connectivity index is 2.19. The van der Waals surface area contributed by atoms with Gasteiger partial charge < -0.3 is 10.5 Å². The monoisotopic (exact) mass is 141 g/mol. The van der Waals surface area contributed by atoms with Gasteiger partial charge in [0.25, 0.3) is 0 Å². The molecule has 2 unspecified atom stereocenters. The molecule has 0 spiro atoms. The van der Waals surface area contributed by atoms with E-state index in [0.29, 0.717) is 5.41 Å². The van der Waals surface area contributed by atoms with Gasteiger partial charge in [-0.1, -0.05) is 0 Å². The van der Waals surface area contributed by atoms with E-state index in [4.69, 9.17) is 10.5 Å². The lowest BCUT2D eigenvalue weighted by molar-refractivity contribution is -0.0141. The van der Waals surface area contributed by atoms with E-state index in [1.54, 1.807) is 0 Å². The molecular weight excluding hydrogens is 126 g/mol. The number of hydrogen-bond donors (Lipinski definition) is 1. The van der Waals surface area contributed by atoms with Gasteiger partial charge in [-0.3, -0.25) is 0 Å². The van der Waals surface area contributed by atoms with Gasteiger partial charge in [0.1, 0.15) is 0 Å². The van der Waals surface area contributed by atoms with Crippen molar-refractivity contribution in [2.45, 2.75) is 31.8 Å². The summed E-state index contributed by atoms with van der Waals surface area (Å²) in [5.74, 6) is 0. The summed E-state index contributed by atoms with van der Waals surface area (Å²) in [7, 11) is 0. The van der Waals surface area contributed by atoms with Gasteiger partial charge in [-0.25, -0.2) is 0 Å². The molecule has 1 aliphatic carbocycles. The van der Waals surface area contributed by atoms with Crippen LogP contribution in [0, 0.1) is 5.41 Å². The van der Waals surface area contributed by atoms with E-state index >= 15 is 0 Å². The quantitative estimate of drug-likeness (QED) is 0.589. The summed E-state index contributed by atoms with van der Waals surface area (Å²) >= 11 is 0. The lowest BCUT2D eigenvalue weighted by Gasteiger charge is -2.24. The molecule has 58 valence electrons. The maximum absolute atomic E-state index is 5.68. The van der Waals surface area contributed by atoms with Crippen molar-refractivity contribution in [2.24, 2.45) is 11.1 Å². The zero-order chi connectivity index (χ0) is 7.24. The first-order valence-corrected chi connectivity index (χ1v) is 4.02. The summed E-state index contributed by atoms with van der Waals surface area (Å²) in [4.78, 5) is 0. The molecule has 2 rings (SSSR count). The second-order valence-corrected chi connectivity index (χ2v) is 4.12. The third-order valence-electron chi connectivity index (χ3n) is 3.09.